The van der Waals surface area contributed by atoms with E-state index < -0.39 is 0 Å². The van der Waals surface area contributed by atoms with Crippen LogP contribution in [0.25, 0.3) is 44.4 Å². The Kier molecular flexibility index (Phi) is 13.4. The summed E-state index contributed by atoms with van der Waals surface area (Å²) in [7, 11) is 3.41. The monoisotopic (exact) mass is 873 g/mol. The number of nitrogens with one attached hydrogen (secondary N) is 2. The van der Waals surface area contributed by atoms with Crippen LogP contribution in [0, 0.1) is 13.8 Å². The Bertz CT molecular complexity index is 2040. The minimum absolute atomic E-state index is 0. The van der Waals surface area contributed by atoms with Crippen molar-refractivity contribution in [2.75, 3.05) is 27.3 Å². The first-order valence-corrected chi connectivity index (χ1v) is 17.6. The molecule has 274 valence electrons. The number of allylic oxidation sites excluding steroid dienone is 3. The number of hydrogen-bond donors (Lipinski definition) is 2. The van der Waals surface area contributed by atoms with Crippen molar-refractivity contribution in [3.63, 3.8) is 0 Å². The van der Waals surface area contributed by atoms with Gasteiger partial charge in [0.2, 0.25) is 11.8 Å². The van der Waals surface area contributed by atoms with Gasteiger partial charge in [-0.1, -0.05) is 41.0 Å². The number of nitrogens with zero attached hydrogens (tertiary/aromatic N) is 4. The molecule has 8 bridgehead atoms. The molecule has 2 unspecified atom stereocenters. The Balaban J connectivity index is 0.00000583. The number of amides is 2. The molecule has 2 N–H and O–H groups in total. The molecular formula is C40H50N6O4Pt. The predicted octanol–water partition coefficient (Wildman–Crippen LogP) is 6.78. The summed E-state index contributed by atoms with van der Waals surface area (Å²) in [5.74, 6) is -0.0113. The molecule has 2 amide bonds. The third kappa shape index (κ3) is 8.29. The standard InChI is InChI=1S/C40H52N6O4.Pt/c1-11-41-37(47)15-13-27-21(3)29-17-31-23(5)39(25(7)49-9)36(45-31)19-32-24(6)40(26(8)50-10)35(46-32)18-30-22(4)28(14-16-38(48)42-12-2)34(44-30)20-33(27)43-29;/h17-20,25-26H,11-16H2,1-10H3,(H4,41,42,43,44,45,46,47,48);/q;+2/p-2. The molecule has 2 aliphatic rings. The van der Waals surface area contributed by atoms with Crippen LogP contribution in [0.4, 0.5) is 0 Å². The van der Waals surface area contributed by atoms with Gasteiger partial charge >= 0.3 is 21.1 Å². The molecule has 5 rings (SSSR count). The van der Waals surface area contributed by atoms with Crippen LogP contribution in [0.3, 0.4) is 0 Å². The van der Waals surface area contributed by atoms with E-state index in [1.165, 1.54) is 0 Å². The summed E-state index contributed by atoms with van der Waals surface area (Å²) in [6.07, 6.45) is 1.30. The summed E-state index contributed by atoms with van der Waals surface area (Å²) in [5, 5.41) is 5.83. The van der Waals surface area contributed by atoms with Crippen molar-refractivity contribution in [3.05, 3.63) is 69.3 Å². The molecule has 0 fully saturated rings. The molecule has 3 aromatic heterocycles. The molecule has 2 atom stereocenters. The molecule has 51 heavy (non-hydrogen) atoms. The van der Waals surface area contributed by atoms with Crippen LogP contribution in [-0.4, -0.2) is 55.2 Å². The molecule has 0 spiro atoms. The summed E-state index contributed by atoms with van der Waals surface area (Å²) < 4.78 is 11.7. The summed E-state index contributed by atoms with van der Waals surface area (Å²) >= 11 is 0. The van der Waals surface area contributed by atoms with Crippen LogP contribution in [0.2, 0.25) is 0 Å². The molecule has 0 aromatic carbocycles. The predicted molar refractivity (Wildman–Crippen MR) is 200 cm³/mol. The van der Waals surface area contributed by atoms with Crippen LogP contribution in [0.15, 0.2) is 24.3 Å². The zero-order chi connectivity index (χ0) is 36.3. The van der Waals surface area contributed by atoms with Gasteiger partial charge in [-0.2, -0.15) is 0 Å². The van der Waals surface area contributed by atoms with Gasteiger partial charge in [-0.3, -0.25) is 9.59 Å². The first kappa shape index (κ1) is 39.9. The molecule has 11 heteroatoms. The summed E-state index contributed by atoms with van der Waals surface area (Å²) in [5.41, 5.74) is 14.2. The fourth-order valence-electron chi connectivity index (χ4n) is 6.94. The fraction of sp³-hybridized carbons (Fsp3) is 0.450. The largest absolute Gasteiger partial charge is 2.00 e. The summed E-state index contributed by atoms with van der Waals surface area (Å²) in [6, 6.07) is 8.10. The second-order valence-corrected chi connectivity index (χ2v) is 13.1. The van der Waals surface area contributed by atoms with Crippen LogP contribution < -0.4 is 20.6 Å². The van der Waals surface area contributed by atoms with Gasteiger partial charge < -0.3 is 30.1 Å². The number of aromatic nitrogens is 4. The number of hydrogen-bond acceptors (Lipinski definition) is 6. The normalized spacial score (nSPS) is 14.0. The SMILES string of the molecule is CCNC(=O)CCC1=C(C)c2cc3[n-]c(cc4nc(cc5[n-]c(cc1n2)c(CCC(=O)NCC)c5C)C(C(C)OC)=C4C)c(C(C)OC)c3C.[Pt+2]. The van der Waals surface area contributed by atoms with E-state index in [0.717, 1.165) is 89.4 Å². The molecule has 3 aromatic rings. The quantitative estimate of drug-likeness (QED) is 0.204. The van der Waals surface area contributed by atoms with Crippen LogP contribution in [-0.2, 0) is 46.5 Å². The van der Waals surface area contributed by atoms with Crippen molar-refractivity contribution in [3.8, 4) is 0 Å². The van der Waals surface area contributed by atoms with E-state index in [4.69, 9.17) is 29.4 Å². The Morgan fingerprint density at radius 1 is 0.686 bits per heavy atom. The number of rotatable bonds is 12. The van der Waals surface area contributed by atoms with Gasteiger partial charge in [-0.15, -0.1) is 22.1 Å². The second-order valence-electron chi connectivity index (χ2n) is 13.1. The van der Waals surface area contributed by atoms with Crippen LogP contribution in [0.1, 0.15) is 112 Å². The first-order valence-electron chi connectivity index (χ1n) is 17.6. The third-order valence-electron chi connectivity index (χ3n) is 9.95. The minimum atomic E-state index is -0.214. The van der Waals surface area contributed by atoms with E-state index in [1.807, 2.05) is 52.0 Å². The average Bonchev–Trinajstić information content (AvgIpc) is 3.75. The van der Waals surface area contributed by atoms with Crippen molar-refractivity contribution < 1.29 is 40.1 Å². The van der Waals surface area contributed by atoms with E-state index in [9.17, 15) is 9.59 Å². The summed E-state index contributed by atoms with van der Waals surface area (Å²) in [6.45, 7) is 17.3. The number of ether oxygens (including phenoxy) is 2. The summed E-state index contributed by atoms with van der Waals surface area (Å²) in [4.78, 5) is 45.8. The molecule has 0 radical (unpaired) electrons. The fourth-order valence-corrected chi connectivity index (χ4v) is 6.94. The Labute approximate surface area is 315 Å². The molecular weight excluding hydrogens is 824 g/mol. The molecule has 0 aliphatic carbocycles. The maximum Gasteiger partial charge on any atom is 2.00 e. The van der Waals surface area contributed by atoms with E-state index in [2.05, 4.69) is 38.3 Å². The van der Waals surface area contributed by atoms with E-state index in [-0.39, 0.29) is 45.1 Å². The van der Waals surface area contributed by atoms with Crippen molar-refractivity contribution in [1.82, 2.24) is 30.6 Å². The van der Waals surface area contributed by atoms with Crippen molar-refractivity contribution in [1.29, 1.82) is 0 Å². The first-order chi connectivity index (χ1) is 23.9. The van der Waals surface area contributed by atoms with Crippen molar-refractivity contribution in [2.45, 2.75) is 93.3 Å². The smallest absolute Gasteiger partial charge is 0.657 e. The van der Waals surface area contributed by atoms with Gasteiger partial charge in [0.15, 0.2) is 0 Å². The Morgan fingerprint density at radius 2 is 1.20 bits per heavy atom. The third-order valence-corrected chi connectivity index (χ3v) is 9.95. The van der Waals surface area contributed by atoms with Crippen molar-refractivity contribution >= 4 is 56.2 Å². The zero-order valence-corrected chi connectivity index (χ0v) is 33.7. The topological polar surface area (TPSA) is 131 Å². The van der Waals surface area contributed by atoms with E-state index in [0.29, 0.717) is 38.8 Å². The number of fused-ring (bicyclic) bond motifs is 8. The molecule has 2 aliphatic heterocycles. The maximum absolute atomic E-state index is 12.6. The molecule has 0 saturated carbocycles. The molecule has 0 saturated heterocycles. The van der Waals surface area contributed by atoms with Gasteiger partial charge in [0.25, 0.3) is 0 Å². The minimum Gasteiger partial charge on any atom is -0.657 e. The number of carbonyl (C=O) groups is 2. The molecule has 10 nitrogen and oxygen atoms in total. The second kappa shape index (κ2) is 17.1. The number of carbonyl (C=O) groups excluding carboxylic acids is 2. The van der Waals surface area contributed by atoms with Gasteiger partial charge in [-0.25, -0.2) is 9.97 Å². The van der Waals surface area contributed by atoms with Crippen molar-refractivity contribution in [2.24, 2.45) is 0 Å². The number of aryl methyl sites for hydroxylation is 3. The van der Waals surface area contributed by atoms with Gasteiger partial charge in [0.1, 0.15) is 0 Å². The van der Waals surface area contributed by atoms with E-state index >= 15 is 0 Å². The average molecular weight is 874 g/mol. The van der Waals surface area contributed by atoms with Gasteiger partial charge in [0.05, 0.1) is 35.0 Å². The maximum atomic E-state index is 12.6. The molecule has 5 heterocycles. The van der Waals surface area contributed by atoms with Gasteiger partial charge in [0, 0.05) is 45.7 Å². The Morgan fingerprint density at radius 3 is 1.82 bits per heavy atom. The van der Waals surface area contributed by atoms with E-state index in [1.54, 1.807) is 14.2 Å². The Hall–Kier alpha value is -3.85. The van der Waals surface area contributed by atoms with Crippen LogP contribution >= 0.6 is 0 Å². The van der Waals surface area contributed by atoms with Crippen LogP contribution in [0.5, 0.6) is 0 Å². The van der Waals surface area contributed by atoms with Gasteiger partial charge in [-0.05, 0) is 90.5 Å². The zero-order valence-electron chi connectivity index (χ0n) is 31.4. The number of methoxy groups -OCH3 is 2.